The molecule has 8 heteroatoms. The van der Waals surface area contributed by atoms with Crippen molar-refractivity contribution in [1.29, 1.82) is 0 Å². The Hall–Kier alpha value is -3.26. The van der Waals surface area contributed by atoms with Gasteiger partial charge < -0.3 is 9.14 Å². The van der Waals surface area contributed by atoms with Gasteiger partial charge in [-0.2, -0.15) is 0 Å². The number of fused-ring (bicyclic) bond motifs is 1. The molecule has 0 atom stereocenters. The molecule has 142 valence electrons. The molecule has 1 amide bonds. The summed E-state index contributed by atoms with van der Waals surface area (Å²) in [5, 5.41) is 12.1. The number of nitrogens with one attached hydrogen (secondary N) is 1. The lowest BCUT2D eigenvalue weighted by atomic mass is 10.2. The fourth-order valence-corrected chi connectivity index (χ4v) is 3.40. The number of carbonyl (C=O) groups excluding carboxylic acids is 1. The molecule has 0 unspecified atom stereocenters. The maximum atomic E-state index is 12.4. The molecule has 0 spiro atoms. The molecule has 0 radical (unpaired) electrons. The van der Waals surface area contributed by atoms with E-state index in [2.05, 4.69) is 20.5 Å². The van der Waals surface area contributed by atoms with Crippen LogP contribution in [0, 0.1) is 6.92 Å². The van der Waals surface area contributed by atoms with Crippen LogP contribution < -0.4 is 10.1 Å². The number of hydrogen-bond acceptors (Lipinski definition) is 6. The van der Waals surface area contributed by atoms with Gasteiger partial charge in [0, 0.05) is 18.0 Å². The van der Waals surface area contributed by atoms with E-state index >= 15 is 0 Å². The minimum absolute atomic E-state index is 0.243. The van der Waals surface area contributed by atoms with Crippen LogP contribution in [0.4, 0.5) is 5.13 Å². The maximum absolute atomic E-state index is 12.4. The maximum Gasteiger partial charge on any atom is 0.257 e. The van der Waals surface area contributed by atoms with Gasteiger partial charge in [-0.1, -0.05) is 30.4 Å². The van der Waals surface area contributed by atoms with E-state index in [1.165, 1.54) is 11.3 Å². The van der Waals surface area contributed by atoms with Crippen molar-refractivity contribution in [3.05, 3.63) is 70.6 Å². The fraction of sp³-hybridized carbons (Fsp3) is 0.200. The number of rotatable bonds is 6. The van der Waals surface area contributed by atoms with Gasteiger partial charge in [-0.05, 0) is 43.2 Å². The van der Waals surface area contributed by atoms with E-state index in [0.29, 0.717) is 23.1 Å². The summed E-state index contributed by atoms with van der Waals surface area (Å²) in [7, 11) is 0. The summed E-state index contributed by atoms with van der Waals surface area (Å²) in [5.41, 5.74) is 3.36. The number of hydrogen-bond donors (Lipinski definition) is 1. The predicted octanol–water partition coefficient (Wildman–Crippen LogP) is 3.89. The van der Waals surface area contributed by atoms with E-state index < -0.39 is 0 Å². The van der Waals surface area contributed by atoms with Crippen molar-refractivity contribution in [2.24, 2.45) is 0 Å². The zero-order valence-corrected chi connectivity index (χ0v) is 16.4. The molecule has 1 aromatic carbocycles. The number of anilines is 1. The van der Waals surface area contributed by atoms with Gasteiger partial charge in [0.15, 0.2) is 0 Å². The number of carbonyl (C=O) groups is 1. The second-order valence-corrected chi connectivity index (χ2v) is 7.39. The van der Waals surface area contributed by atoms with Crippen LogP contribution in [0.1, 0.15) is 33.5 Å². The monoisotopic (exact) mass is 393 g/mol. The number of pyridine rings is 1. The number of aromatic nitrogens is 4. The standard InChI is InChI=1S/C20H19N5O2S/c1-3-18-23-24-20(28-18)22-19(26)14-5-4-6-16(9-14)27-12-15-11-25-10-13(2)7-8-17(25)21-15/h4-11H,3,12H2,1-2H3,(H,22,24,26). The van der Waals surface area contributed by atoms with Gasteiger partial charge in [-0.3, -0.25) is 10.1 Å². The number of ether oxygens (including phenoxy) is 1. The summed E-state index contributed by atoms with van der Waals surface area (Å²) in [4.78, 5) is 17.0. The zero-order chi connectivity index (χ0) is 19.5. The van der Waals surface area contributed by atoms with Crippen LogP contribution in [0.5, 0.6) is 5.75 Å². The molecule has 0 aliphatic rings. The molecule has 1 N–H and O–H groups in total. The highest BCUT2D eigenvalue weighted by Gasteiger charge is 2.11. The Morgan fingerprint density at radius 2 is 2.11 bits per heavy atom. The van der Waals surface area contributed by atoms with Crippen molar-refractivity contribution in [2.45, 2.75) is 26.9 Å². The first-order chi connectivity index (χ1) is 13.6. The molecular formula is C20H19N5O2S. The van der Waals surface area contributed by atoms with Crippen LogP contribution in [-0.2, 0) is 13.0 Å². The van der Waals surface area contributed by atoms with E-state index in [1.807, 2.05) is 48.8 Å². The average Bonchev–Trinajstić information content (AvgIpc) is 3.32. The number of amides is 1. The van der Waals surface area contributed by atoms with Crippen molar-refractivity contribution in [3.8, 4) is 5.75 Å². The average molecular weight is 393 g/mol. The lowest BCUT2D eigenvalue weighted by Gasteiger charge is -2.06. The highest BCUT2D eigenvalue weighted by molar-refractivity contribution is 7.15. The molecule has 0 bridgehead atoms. The first-order valence-corrected chi connectivity index (χ1v) is 9.73. The molecule has 0 fully saturated rings. The molecule has 7 nitrogen and oxygen atoms in total. The van der Waals surface area contributed by atoms with Crippen molar-refractivity contribution >= 4 is 28.0 Å². The van der Waals surface area contributed by atoms with Crippen molar-refractivity contribution < 1.29 is 9.53 Å². The summed E-state index contributed by atoms with van der Waals surface area (Å²) < 4.78 is 7.81. The second kappa shape index (κ2) is 7.77. The van der Waals surface area contributed by atoms with Crippen molar-refractivity contribution in [1.82, 2.24) is 19.6 Å². The second-order valence-electron chi connectivity index (χ2n) is 6.33. The van der Waals surface area contributed by atoms with Crippen LogP contribution in [0.15, 0.2) is 48.8 Å². The normalized spacial score (nSPS) is 10.9. The number of benzene rings is 1. The van der Waals surface area contributed by atoms with Gasteiger partial charge >= 0.3 is 0 Å². The molecule has 3 aromatic heterocycles. The van der Waals surface area contributed by atoms with Crippen LogP contribution >= 0.6 is 11.3 Å². The Bertz CT molecular complexity index is 1130. The van der Waals surface area contributed by atoms with Crippen LogP contribution in [0.2, 0.25) is 0 Å². The number of aryl methyl sites for hydroxylation is 2. The molecule has 4 rings (SSSR count). The van der Waals surface area contributed by atoms with Crippen LogP contribution in [0.3, 0.4) is 0 Å². The molecule has 0 aliphatic carbocycles. The fourth-order valence-electron chi connectivity index (χ4n) is 2.73. The first-order valence-electron chi connectivity index (χ1n) is 8.91. The minimum atomic E-state index is -0.243. The Labute approximate surface area is 166 Å². The molecule has 4 aromatic rings. The molecule has 0 aliphatic heterocycles. The van der Waals surface area contributed by atoms with Gasteiger partial charge in [0.1, 0.15) is 23.0 Å². The van der Waals surface area contributed by atoms with E-state index in [0.717, 1.165) is 28.3 Å². The smallest absolute Gasteiger partial charge is 0.257 e. The van der Waals surface area contributed by atoms with E-state index in [4.69, 9.17) is 4.74 Å². The van der Waals surface area contributed by atoms with Crippen molar-refractivity contribution in [3.63, 3.8) is 0 Å². The largest absolute Gasteiger partial charge is 0.487 e. The number of imidazole rings is 1. The summed E-state index contributed by atoms with van der Waals surface area (Å²) in [6.07, 6.45) is 4.76. The predicted molar refractivity (Wildman–Crippen MR) is 108 cm³/mol. The topological polar surface area (TPSA) is 81.4 Å². The first kappa shape index (κ1) is 18.1. The van der Waals surface area contributed by atoms with E-state index in [-0.39, 0.29) is 5.91 Å². The summed E-state index contributed by atoms with van der Waals surface area (Å²) >= 11 is 1.37. The Kier molecular flexibility index (Phi) is 5.03. The van der Waals surface area contributed by atoms with Gasteiger partial charge in [0.2, 0.25) is 5.13 Å². The summed E-state index contributed by atoms with van der Waals surface area (Å²) in [6.45, 7) is 4.36. The van der Waals surface area contributed by atoms with Crippen LogP contribution in [0.25, 0.3) is 5.65 Å². The van der Waals surface area contributed by atoms with E-state index in [9.17, 15) is 4.79 Å². The summed E-state index contributed by atoms with van der Waals surface area (Å²) in [5.74, 6) is 0.361. The molecule has 28 heavy (non-hydrogen) atoms. The Morgan fingerprint density at radius 3 is 2.93 bits per heavy atom. The minimum Gasteiger partial charge on any atom is -0.487 e. The molecular weight excluding hydrogens is 374 g/mol. The number of nitrogens with zero attached hydrogens (tertiary/aromatic N) is 4. The third-order valence-electron chi connectivity index (χ3n) is 4.12. The summed E-state index contributed by atoms with van der Waals surface area (Å²) in [6, 6.07) is 11.0. The van der Waals surface area contributed by atoms with Crippen molar-refractivity contribution in [2.75, 3.05) is 5.32 Å². The lowest BCUT2D eigenvalue weighted by molar-refractivity contribution is 0.102. The van der Waals surface area contributed by atoms with Gasteiger partial charge in [0.05, 0.1) is 5.69 Å². The molecule has 0 saturated carbocycles. The highest BCUT2D eigenvalue weighted by atomic mass is 32.1. The zero-order valence-electron chi connectivity index (χ0n) is 15.5. The van der Waals surface area contributed by atoms with E-state index in [1.54, 1.807) is 18.2 Å². The highest BCUT2D eigenvalue weighted by Crippen LogP contribution is 2.19. The van der Waals surface area contributed by atoms with Gasteiger partial charge in [-0.15, -0.1) is 10.2 Å². The van der Waals surface area contributed by atoms with Gasteiger partial charge in [0.25, 0.3) is 5.91 Å². The molecule has 3 heterocycles. The Balaban J connectivity index is 1.43. The Morgan fingerprint density at radius 1 is 1.21 bits per heavy atom. The SMILES string of the molecule is CCc1nnc(NC(=O)c2cccc(OCc3cn4cc(C)ccc4n3)c2)s1. The quantitative estimate of drug-likeness (QED) is 0.537. The third kappa shape index (κ3) is 4.01. The van der Waals surface area contributed by atoms with Crippen LogP contribution in [-0.4, -0.2) is 25.5 Å². The third-order valence-corrected chi connectivity index (χ3v) is 5.10. The van der Waals surface area contributed by atoms with Gasteiger partial charge in [-0.25, -0.2) is 4.98 Å². The molecule has 0 saturated heterocycles. The lowest BCUT2D eigenvalue weighted by Crippen LogP contribution is -2.11.